The Balaban J connectivity index is 0.00000200. The van der Waals surface area contributed by atoms with Crippen LogP contribution in [0.3, 0.4) is 0 Å². The third kappa shape index (κ3) is 5.64. The van der Waals surface area contributed by atoms with Gasteiger partial charge in [0.05, 0.1) is 9.79 Å². The molecule has 2 rings (SSSR count). The Kier molecular flexibility index (Phi) is 8.88. The number of rotatable bonds is 2. The van der Waals surface area contributed by atoms with Crippen LogP contribution in [0.5, 0.6) is 0 Å². The molecule has 1 aliphatic rings. The minimum absolute atomic E-state index is 0. The Hall–Kier alpha value is 1.72. The molecule has 21 heavy (non-hydrogen) atoms. The van der Waals surface area contributed by atoms with Gasteiger partial charge in [0.2, 0.25) is 0 Å². The molecule has 0 fully saturated rings. The summed E-state index contributed by atoms with van der Waals surface area (Å²) in [6.45, 7) is 0. The molecule has 1 N–H and O–H groups in total. The summed E-state index contributed by atoms with van der Waals surface area (Å²) in [6.07, 6.45) is 2.72. The minimum Gasteiger partial charge on any atom is -0.744 e. The second-order valence-corrected chi connectivity index (χ2v) is 6.64. The van der Waals surface area contributed by atoms with Crippen molar-refractivity contribution in [3.05, 3.63) is 22.6 Å². The first kappa shape index (κ1) is 22.7. The van der Waals surface area contributed by atoms with E-state index in [9.17, 15) is 25.9 Å². The predicted octanol–water partition coefficient (Wildman–Crippen LogP) is -7.51. The second kappa shape index (κ2) is 8.20. The number of nitrogens with one attached hydrogen (secondary N) is 1. The third-order valence-corrected chi connectivity index (χ3v) is 4.26. The summed E-state index contributed by atoms with van der Waals surface area (Å²) in [5.41, 5.74) is 0.0788. The van der Waals surface area contributed by atoms with E-state index in [0.29, 0.717) is 6.07 Å². The molecule has 1 aliphatic carbocycles. The van der Waals surface area contributed by atoms with Crippen molar-refractivity contribution >= 4 is 38.1 Å². The van der Waals surface area contributed by atoms with Crippen LogP contribution in [0.2, 0.25) is 0 Å². The van der Waals surface area contributed by atoms with Gasteiger partial charge in [-0.05, 0) is 23.4 Å². The maximum absolute atomic E-state index is 11.1. The molecule has 0 aromatic heterocycles. The van der Waals surface area contributed by atoms with Crippen LogP contribution in [0.1, 0.15) is 6.42 Å². The number of hydrogen-bond acceptors (Lipinski definition) is 7. The van der Waals surface area contributed by atoms with Crippen molar-refractivity contribution in [1.82, 2.24) is 0 Å². The van der Waals surface area contributed by atoms with Crippen LogP contribution in [-0.2, 0) is 20.2 Å². The van der Waals surface area contributed by atoms with E-state index in [-0.39, 0.29) is 125 Å². The molecule has 1 aromatic carbocycles. The fourth-order valence-electron chi connectivity index (χ4n) is 1.75. The Morgan fingerprint density at radius 1 is 1.00 bits per heavy atom. The van der Waals surface area contributed by atoms with Crippen LogP contribution >= 0.6 is 0 Å². The molecule has 1 aromatic rings. The quantitative estimate of drug-likeness (QED) is 0.400. The molecule has 0 aliphatic heterocycles. The van der Waals surface area contributed by atoms with Gasteiger partial charge in [0, 0.05) is 17.4 Å². The van der Waals surface area contributed by atoms with Crippen molar-refractivity contribution in [3.63, 3.8) is 0 Å². The molecule has 0 heterocycles. The Labute approximate surface area is 206 Å². The molecule has 0 unspecified atom stereocenters. The van der Waals surface area contributed by atoms with Crippen LogP contribution in [-0.4, -0.2) is 31.7 Å². The van der Waals surface area contributed by atoms with Gasteiger partial charge in [0.15, 0.2) is 0 Å². The van der Waals surface area contributed by atoms with E-state index in [1.807, 2.05) is 0 Å². The molecular weight excluding hydrogens is 372 g/mol. The summed E-state index contributed by atoms with van der Waals surface area (Å²) in [6, 6.07) is 1.53. The van der Waals surface area contributed by atoms with Gasteiger partial charge in [-0.1, -0.05) is 6.08 Å². The topological polar surface area (TPSA) is 138 Å². The zero-order valence-corrected chi connectivity index (χ0v) is 19.2. The average molecular weight is 379 g/mol. The SMILES string of the molecule is N=C1C=c2c(S(=O)(=O)[O-])cc(S(=O)(=O)[O-])cc2=CC1.[K+].[K+]. The van der Waals surface area contributed by atoms with E-state index in [1.165, 1.54) is 12.2 Å². The summed E-state index contributed by atoms with van der Waals surface area (Å²) >= 11 is 0. The number of hydrogen-bond donors (Lipinski definition) is 1. The van der Waals surface area contributed by atoms with Gasteiger partial charge in [0.25, 0.3) is 0 Å². The third-order valence-electron chi connectivity index (χ3n) is 2.57. The first-order chi connectivity index (χ1) is 8.59. The van der Waals surface area contributed by atoms with E-state index in [0.717, 1.165) is 6.07 Å². The van der Waals surface area contributed by atoms with Crippen LogP contribution in [0.15, 0.2) is 21.9 Å². The molecule has 11 heteroatoms. The zero-order valence-electron chi connectivity index (χ0n) is 11.3. The standard InChI is InChI=1S/C10H9NO6S2.2K/c11-7-2-1-6-3-8(18(12,13)14)5-10(9(6)4-7)19(15,16)17;;/h1,3-5,11H,2H2,(H,12,13,14)(H,15,16,17);;/q;2*+1/p-2. The van der Waals surface area contributed by atoms with E-state index in [1.54, 1.807) is 0 Å². The molecule has 0 bridgehead atoms. The van der Waals surface area contributed by atoms with E-state index in [4.69, 9.17) is 5.41 Å². The fraction of sp³-hybridized carbons (Fsp3) is 0.100. The van der Waals surface area contributed by atoms with E-state index in [2.05, 4.69) is 0 Å². The van der Waals surface area contributed by atoms with E-state index < -0.39 is 30.0 Å². The first-order valence-corrected chi connectivity index (χ1v) is 7.76. The van der Waals surface area contributed by atoms with E-state index >= 15 is 0 Å². The van der Waals surface area contributed by atoms with Crippen molar-refractivity contribution in [2.75, 3.05) is 0 Å². The molecule has 0 spiro atoms. The normalized spacial score (nSPS) is 13.9. The van der Waals surface area contributed by atoms with Crippen molar-refractivity contribution in [2.45, 2.75) is 16.2 Å². The molecule has 0 atom stereocenters. The summed E-state index contributed by atoms with van der Waals surface area (Å²) in [5, 5.41) is 7.52. The molecule has 0 saturated heterocycles. The predicted molar refractivity (Wildman–Crippen MR) is 62.9 cm³/mol. The maximum Gasteiger partial charge on any atom is 1.00 e. The summed E-state index contributed by atoms with van der Waals surface area (Å²) < 4.78 is 66.2. The minimum atomic E-state index is -4.95. The zero-order chi connectivity index (χ0) is 14.4. The van der Waals surface area contributed by atoms with Crippen LogP contribution in [0.25, 0.3) is 12.2 Å². The van der Waals surface area contributed by atoms with Gasteiger partial charge in [-0.2, -0.15) is 0 Å². The largest absolute Gasteiger partial charge is 1.00 e. The van der Waals surface area contributed by atoms with Crippen molar-refractivity contribution in [1.29, 1.82) is 5.41 Å². The van der Waals surface area contributed by atoms with Gasteiger partial charge in [-0.15, -0.1) is 0 Å². The summed E-state index contributed by atoms with van der Waals surface area (Å²) in [5.74, 6) is 0. The van der Waals surface area contributed by atoms with Crippen molar-refractivity contribution < 1.29 is 129 Å². The first-order valence-electron chi connectivity index (χ1n) is 4.94. The number of fused-ring (bicyclic) bond motifs is 1. The monoisotopic (exact) mass is 379 g/mol. The molecular formula is C10H7K2NO6S2. The number of benzene rings is 1. The van der Waals surface area contributed by atoms with Crippen LogP contribution in [0.4, 0.5) is 0 Å². The van der Waals surface area contributed by atoms with Crippen LogP contribution < -0.4 is 113 Å². The summed E-state index contributed by atoms with van der Waals surface area (Å²) in [7, 11) is -9.83. The Morgan fingerprint density at radius 2 is 1.57 bits per heavy atom. The van der Waals surface area contributed by atoms with Gasteiger partial charge >= 0.3 is 103 Å². The Bertz CT molecular complexity index is 906. The van der Waals surface area contributed by atoms with Gasteiger partial charge in [0.1, 0.15) is 20.2 Å². The van der Waals surface area contributed by atoms with Gasteiger partial charge in [-0.3, -0.25) is 0 Å². The van der Waals surface area contributed by atoms with Crippen LogP contribution in [0, 0.1) is 5.41 Å². The fourth-order valence-corrected chi connectivity index (χ4v) is 3.07. The smallest absolute Gasteiger partial charge is 0.744 e. The van der Waals surface area contributed by atoms with Crippen molar-refractivity contribution in [2.24, 2.45) is 0 Å². The average Bonchev–Trinajstić information content (AvgIpc) is 2.24. The molecule has 0 radical (unpaired) electrons. The summed E-state index contributed by atoms with van der Waals surface area (Å²) in [4.78, 5) is -1.58. The molecule has 102 valence electrons. The molecule has 7 nitrogen and oxygen atoms in total. The van der Waals surface area contributed by atoms with Gasteiger partial charge < -0.3 is 14.5 Å². The second-order valence-electron chi connectivity index (χ2n) is 3.91. The van der Waals surface area contributed by atoms with Crippen molar-refractivity contribution in [3.8, 4) is 0 Å². The Morgan fingerprint density at radius 3 is 2.05 bits per heavy atom. The van der Waals surface area contributed by atoms with Gasteiger partial charge in [-0.25, -0.2) is 16.8 Å². The molecule has 0 amide bonds. The molecule has 0 saturated carbocycles. The maximum atomic E-state index is 11.1.